The Hall–Kier alpha value is -1.55. The molecule has 0 aliphatic carbocycles. The summed E-state index contributed by atoms with van der Waals surface area (Å²) in [4.78, 5) is 12.2. The molecule has 17 heavy (non-hydrogen) atoms. The van der Waals surface area contributed by atoms with E-state index in [0.717, 1.165) is 0 Å². The van der Waals surface area contributed by atoms with Gasteiger partial charge in [0.15, 0.2) is 0 Å². The van der Waals surface area contributed by atoms with Crippen molar-refractivity contribution in [1.29, 1.82) is 0 Å². The zero-order valence-corrected chi connectivity index (χ0v) is 10.4. The van der Waals surface area contributed by atoms with Crippen LogP contribution in [-0.2, 0) is 4.79 Å². The summed E-state index contributed by atoms with van der Waals surface area (Å²) in [5.41, 5.74) is 5.57. The van der Waals surface area contributed by atoms with Gasteiger partial charge in [0.1, 0.15) is 5.75 Å². The van der Waals surface area contributed by atoms with E-state index in [0.29, 0.717) is 25.1 Å². The van der Waals surface area contributed by atoms with Crippen molar-refractivity contribution in [1.82, 2.24) is 0 Å². The third kappa shape index (κ3) is 2.77. The quantitative estimate of drug-likeness (QED) is 0.685. The topological polar surface area (TPSA) is 75.4 Å². The van der Waals surface area contributed by atoms with Crippen LogP contribution in [0.25, 0.3) is 0 Å². The Morgan fingerprint density at radius 1 is 1.35 bits per heavy atom. The highest BCUT2D eigenvalue weighted by Crippen LogP contribution is 2.29. The molecule has 0 aliphatic rings. The standard InChI is InChI=1S/C13H20N2O2/c1-3-13(4-2,9-14)12(17)15-10-7-5-6-8-11(10)16/h5-8,16H,3-4,9,14H2,1-2H3,(H,15,17). The lowest BCUT2D eigenvalue weighted by Crippen LogP contribution is -2.41. The van der Waals surface area contributed by atoms with Crippen molar-refractivity contribution >= 4 is 11.6 Å². The first-order chi connectivity index (χ1) is 8.09. The summed E-state index contributed by atoms with van der Waals surface area (Å²) in [5, 5.41) is 12.3. The molecular formula is C13H20N2O2. The number of carbonyl (C=O) groups excluding carboxylic acids is 1. The average Bonchev–Trinajstić information content (AvgIpc) is 2.35. The van der Waals surface area contributed by atoms with E-state index in [1.54, 1.807) is 18.2 Å². The van der Waals surface area contributed by atoms with Crippen LogP contribution < -0.4 is 11.1 Å². The minimum Gasteiger partial charge on any atom is -0.506 e. The highest BCUT2D eigenvalue weighted by Gasteiger charge is 2.33. The van der Waals surface area contributed by atoms with E-state index in [4.69, 9.17) is 5.73 Å². The summed E-state index contributed by atoms with van der Waals surface area (Å²) in [6.07, 6.45) is 1.36. The molecule has 0 heterocycles. The minimum absolute atomic E-state index is 0.0685. The Morgan fingerprint density at radius 3 is 2.41 bits per heavy atom. The Kier molecular flexibility index (Phi) is 4.52. The van der Waals surface area contributed by atoms with Crippen LogP contribution in [0.4, 0.5) is 5.69 Å². The van der Waals surface area contributed by atoms with Crippen molar-refractivity contribution in [2.45, 2.75) is 26.7 Å². The number of rotatable bonds is 5. The molecule has 94 valence electrons. The minimum atomic E-state index is -0.553. The molecule has 0 saturated heterocycles. The molecule has 0 bridgehead atoms. The van der Waals surface area contributed by atoms with Gasteiger partial charge < -0.3 is 16.2 Å². The van der Waals surface area contributed by atoms with Crippen LogP contribution in [0.3, 0.4) is 0 Å². The van der Waals surface area contributed by atoms with E-state index in [9.17, 15) is 9.90 Å². The zero-order chi connectivity index (χ0) is 12.9. The van der Waals surface area contributed by atoms with Gasteiger partial charge in [-0.25, -0.2) is 0 Å². The predicted molar refractivity (Wildman–Crippen MR) is 68.8 cm³/mol. The lowest BCUT2D eigenvalue weighted by molar-refractivity contribution is -0.125. The average molecular weight is 236 g/mol. The summed E-state index contributed by atoms with van der Waals surface area (Å²) in [5.74, 6) is -0.0644. The largest absolute Gasteiger partial charge is 0.506 e. The molecule has 1 rings (SSSR count). The number of hydrogen-bond donors (Lipinski definition) is 3. The molecule has 1 aromatic carbocycles. The second-order valence-electron chi connectivity index (χ2n) is 4.16. The van der Waals surface area contributed by atoms with Gasteiger partial charge in [0.2, 0.25) is 5.91 Å². The molecule has 1 aromatic rings. The molecule has 4 heteroatoms. The van der Waals surface area contributed by atoms with E-state index in [1.807, 2.05) is 13.8 Å². The third-order valence-electron chi connectivity index (χ3n) is 3.38. The highest BCUT2D eigenvalue weighted by atomic mass is 16.3. The number of nitrogens with one attached hydrogen (secondary N) is 1. The molecule has 0 aromatic heterocycles. The van der Waals surface area contributed by atoms with Crippen molar-refractivity contribution < 1.29 is 9.90 Å². The number of anilines is 1. The number of carbonyl (C=O) groups is 1. The number of para-hydroxylation sites is 2. The number of amides is 1. The molecule has 0 aliphatic heterocycles. The Balaban J connectivity index is 2.88. The van der Waals surface area contributed by atoms with E-state index in [2.05, 4.69) is 5.32 Å². The van der Waals surface area contributed by atoms with E-state index in [-0.39, 0.29) is 11.7 Å². The van der Waals surface area contributed by atoms with Crippen LogP contribution >= 0.6 is 0 Å². The molecule has 1 amide bonds. The van der Waals surface area contributed by atoms with Crippen LogP contribution in [0.5, 0.6) is 5.75 Å². The molecule has 0 fully saturated rings. The fourth-order valence-electron chi connectivity index (χ4n) is 1.79. The number of aromatic hydroxyl groups is 1. The monoisotopic (exact) mass is 236 g/mol. The Bertz CT molecular complexity index is 378. The third-order valence-corrected chi connectivity index (χ3v) is 3.38. The molecule has 0 atom stereocenters. The van der Waals surface area contributed by atoms with Gasteiger partial charge in [-0.2, -0.15) is 0 Å². The maximum Gasteiger partial charge on any atom is 0.231 e. The second-order valence-corrected chi connectivity index (χ2v) is 4.16. The van der Waals surface area contributed by atoms with Crippen LogP contribution in [0, 0.1) is 5.41 Å². The second kappa shape index (κ2) is 5.68. The van der Waals surface area contributed by atoms with Gasteiger partial charge in [0.25, 0.3) is 0 Å². The van der Waals surface area contributed by atoms with Crippen molar-refractivity contribution in [2.24, 2.45) is 11.1 Å². The summed E-state index contributed by atoms with van der Waals surface area (Å²) in [7, 11) is 0. The lowest BCUT2D eigenvalue weighted by atomic mass is 9.81. The lowest BCUT2D eigenvalue weighted by Gasteiger charge is -2.28. The molecule has 0 saturated carbocycles. The SMILES string of the molecule is CCC(CC)(CN)C(=O)Nc1ccccc1O. The molecular weight excluding hydrogens is 216 g/mol. The van der Waals surface area contributed by atoms with E-state index < -0.39 is 5.41 Å². The van der Waals surface area contributed by atoms with Gasteiger partial charge in [-0.3, -0.25) is 4.79 Å². The van der Waals surface area contributed by atoms with Gasteiger partial charge in [-0.1, -0.05) is 26.0 Å². The smallest absolute Gasteiger partial charge is 0.231 e. The first-order valence-corrected chi connectivity index (χ1v) is 5.89. The molecule has 0 unspecified atom stereocenters. The van der Waals surface area contributed by atoms with Gasteiger partial charge in [0.05, 0.1) is 11.1 Å². The van der Waals surface area contributed by atoms with Crippen LogP contribution in [-0.4, -0.2) is 17.6 Å². The van der Waals surface area contributed by atoms with Gasteiger partial charge in [-0.05, 0) is 25.0 Å². The Labute approximate surface area is 102 Å². The summed E-state index contributed by atoms with van der Waals surface area (Å²) in [6, 6.07) is 6.68. The molecule has 0 radical (unpaired) electrons. The maximum absolute atomic E-state index is 12.2. The number of hydrogen-bond acceptors (Lipinski definition) is 3. The number of benzene rings is 1. The fourth-order valence-corrected chi connectivity index (χ4v) is 1.79. The van der Waals surface area contributed by atoms with Gasteiger partial charge in [0, 0.05) is 6.54 Å². The van der Waals surface area contributed by atoms with Crippen LogP contribution in [0.2, 0.25) is 0 Å². The first kappa shape index (κ1) is 13.5. The van der Waals surface area contributed by atoms with E-state index in [1.165, 1.54) is 6.07 Å². The first-order valence-electron chi connectivity index (χ1n) is 5.89. The van der Waals surface area contributed by atoms with Crippen molar-refractivity contribution in [2.75, 3.05) is 11.9 Å². The summed E-state index contributed by atoms with van der Waals surface area (Å²) < 4.78 is 0. The number of nitrogens with two attached hydrogens (primary N) is 1. The van der Waals surface area contributed by atoms with Gasteiger partial charge in [-0.15, -0.1) is 0 Å². The van der Waals surface area contributed by atoms with E-state index >= 15 is 0 Å². The van der Waals surface area contributed by atoms with Crippen molar-refractivity contribution in [3.63, 3.8) is 0 Å². The number of phenolic OH excluding ortho intramolecular Hbond substituents is 1. The summed E-state index contributed by atoms with van der Waals surface area (Å²) >= 11 is 0. The maximum atomic E-state index is 12.2. The van der Waals surface area contributed by atoms with Crippen LogP contribution in [0.15, 0.2) is 24.3 Å². The molecule has 4 nitrogen and oxygen atoms in total. The number of phenols is 1. The predicted octanol–water partition coefficient (Wildman–Crippen LogP) is 2.10. The fraction of sp³-hybridized carbons (Fsp3) is 0.462. The van der Waals surface area contributed by atoms with Crippen LogP contribution in [0.1, 0.15) is 26.7 Å². The van der Waals surface area contributed by atoms with Crippen molar-refractivity contribution in [3.05, 3.63) is 24.3 Å². The normalized spacial score (nSPS) is 11.2. The van der Waals surface area contributed by atoms with Gasteiger partial charge >= 0.3 is 0 Å². The Morgan fingerprint density at radius 2 is 1.94 bits per heavy atom. The zero-order valence-electron chi connectivity index (χ0n) is 10.4. The highest BCUT2D eigenvalue weighted by molar-refractivity contribution is 5.96. The van der Waals surface area contributed by atoms with Crippen molar-refractivity contribution in [3.8, 4) is 5.75 Å². The summed E-state index contributed by atoms with van der Waals surface area (Å²) in [6.45, 7) is 4.20. The molecule has 0 spiro atoms. The molecule has 4 N–H and O–H groups in total.